The van der Waals surface area contributed by atoms with E-state index in [4.69, 9.17) is 10.5 Å². The molecule has 1 aromatic rings. The van der Waals surface area contributed by atoms with Gasteiger partial charge in [-0.2, -0.15) is 0 Å². The molecular formula is C13H19FN2O3S. The number of nitrogens with one attached hydrogen (secondary N) is 1. The van der Waals surface area contributed by atoms with Crippen LogP contribution in [0.4, 0.5) is 4.39 Å². The van der Waals surface area contributed by atoms with Crippen molar-refractivity contribution in [2.45, 2.75) is 43.4 Å². The lowest BCUT2D eigenvalue weighted by Gasteiger charge is -2.28. The van der Waals surface area contributed by atoms with E-state index < -0.39 is 21.4 Å². The average Bonchev–Trinajstić information content (AvgIpc) is 2.67. The molecule has 0 radical (unpaired) electrons. The quantitative estimate of drug-likeness (QED) is 0.873. The highest BCUT2D eigenvalue weighted by Crippen LogP contribution is 2.28. The minimum Gasteiger partial charge on any atom is -0.376 e. The number of nitrogens with two attached hydrogens (primary N) is 1. The van der Waals surface area contributed by atoms with E-state index in [2.05, 4.69) is 4.72 Å². The zero-order chi connectivity index (χ0) is 15.0. The van der Waals surface area contributed by atoms with E-state index in [1.165, 1.54) is 12.1 Å². The van der Waals surface area contributed by atoms with E-state index in [-0.39, 0.29) is 17.5 Å². The number of halogens is 1. The van der Waals surface area contributed by atoms with Crippen LogP contribution in [-0.2, 0) is 21.3 Å². The standard InChI is InChI=1S/C13H19FN2O3S/c1-9-13(2,5-6-19-9)16-20(17,18)12-4-3-10(8-15)7-11(12)14/h3-4,7,9,16H,5-6,8,15H2,1-2H3. The fraction of sp³-hybridized carbons (Fsp3) is 0.538. The molecule has 1 saturated heterocycles. The smallest absolute Gasteiger partial charge is 0.244 e. The molecule has 7 heteroatoms. The van der Waals surface area contributed by atoms with Gasteiger partial charge in [-0.05, 0) is 38.0 Å². The third kappa shape index (κ3) is 2.85. The molecule has 2 rings (SSSR count). The molecule has 0 bridgehead atoms. The Balaban J connectivity index is 2.31. The van der Waals surface area contributed by atoms with Gasteiger partial charge in [0.2, 0.25) is 10.0 Å². The Hall–Kier alpha value is -1.02. The molecule has 1 heterocycles. The van der Waals surface area contributed by atoms with Crippen LogP contribution in [0.25, 0.3) is 0 Å². The Morgan fingerprint density at radius 1 is 1.55 bits per heavy atom. The van der Waals surface area contributed by atoms with E-state index in [1.54, 1.807) is 13.8 Å². The average molecular weight is 302 g/mol. The number of hydrogen-bond donors (Lipinski definition) is 2. The Kier molecular flexibility index (Phi) is 4.15. The predicted molar refractivity (Wildman–Crippen MR) is 73.0 cm³/mol. The maximum Gasteiger partial charge on any atom is 0.244 e. The van der Waals surface area contributed by atoms with Crippen LogP contribution in [-0.4, -0.2) is 26.7 Å². The van der Waals surface area contributed by atoms with Crippen LogP contribution >= 0.6 is 0 Å². The van der Waals surface area contributed by atoms with Gasteiger partial charge in [0, 0.05) is 13.2 Å². The topological polar surface area (TPSA) is 81.4 Å². The van der Waals surface area contributed by atoms with Crippen LogP contribution in [0, 0.1) is 5.82 Å². The second-order valence-corrected chi connectivity index (χ2v) is 6.91. The molecule has 2 atom stereocenters. The van der Waals surface area contributed by atoms with Gasteiger partial charge in [0.05, 0.1) is 11.6 Å². The molecule has 0 saturated carbocycles. The summed E-state index contributed by atoms with van der Waals surface area (Å²) in [5.74, 6) is -0.796. The molecule has 112 valence electrons. The summed E-state index contributed by atoms with van der Waals surface area (Å²) in [6.07, 6.45) is 0.291. The van der Waals surface area contributed by atoms with Crippen molar-refractivity contribution in [2.75, 3.05) is 6.61 Å². The van der Waals surface area contributed by atoms with Crippen molar-refractivity contribution in [3.05, 3.63) is 29.6 Å². The summed E-state index contributed by atoms with van der Waals surface area (Å²) in [5, 5.41) is 0. The second kappa shape index (κ2) is 5.40. The van der Waals surface area contributed by atoms with Crippen molar-refractivity contribution in [1.29, 1.82) is 0 Å². The van der Waals surface area contributed by atoms with Crippen molar-refractivity contribution in [3.8, 4) is 0 Å². The van der Waals surface area contributed by atoms with Crippen LogP contribution in [0.3, 0.4) is 0 Å². The molecule has 1 aromatic carbocycles. The first-order valence-corrected chi connectivity index (χ1v) is 7.91. The van der Waals surface area contributed by atoms with E-state index in [1.807, 2.05) is 0 Å². The molecule has 0 aromatic heterocycles. The molecule has 0 amide bonds. The van der Waals surface area contributed by atoms with E-state index in [0.717, 1.165) is 6.07 Å². The molecule has 3 N–H and O–H groups in total. The normalized spacial score (nSPS) is 26.9. The van der Waals surface area contributed by atoms with Gasteiger partial charge in [-0.1, -0.05) is 6.07 Å². The first-order valence-electron chi connectivity index (χ1n) is 6.42. The van der Waals surface area contributed by atoms with Crippen LogP contribution in [0.5, 0.6) is 0 Å². The van der Waals surface area contributed by atoms with Gasteiger partial charge in [0.1, 0.15) is 10.7 Å². The van der Waals surface area contributed by atoms with Crippen molar-refractivity contribution >= 4 is 10.0 Å². The minimum absolute atomic E-state index is 0.160. The molecule has 0 spiro atoms. The molecule has 1 aliphatic rings. The third-order valence-electron chi connectivity index (χ3n) is 3.78. The predicted octanol–water partition coefficient (Wildman–Crippen LogP) is 1.13. The number of rotatable bonds is 4. The number of benzene rings is 1. The maximum absolute atomic E-state index is 13.9. The van der Waals surface area contributed by atoms with Crippen molar-refractivity contribution < 1.29 is 17.5 Å². The lowest BCUT2D eigenvalue weighted by atomic mass is 9.97. The van der Waals surface area contributed by atoms with Crippen molar-refractivity contribution in [1.82, 2.24) is 4.72 Å². The highest BCUT2D eigenvalue weighted by Gasteiger charge is 2.41. The number of sulfonamides is 1. The van der Waals surface area contributed by atoms with E-state index >= 15 is 0 Å². The summed E-state index contributed by atoms with van der Waals surface area (Å²) in [5.41, 5.74) is 5.22. The lowest BCUT2D eigenvalue weighted by Crippen LogP contribution is -2.50. The summed E-state index contributed by atoms with van der Waals surface area (Å²) in [6.45, 7) is 4.19. The summed E-state index contributed by atoms with van der Waals surface area (Å²) in [6, 6.07) is 3.89. The fourth-order valence-corrected chi connectivity index (χ4v) is 3.77. The molecule has 20 heavy (non-hydrogen) atoms. The summed E-state index contributed by atoms with van der Waals surface area (Å²) in [7, 11) is -3.94. The summed E-state index contributed by atoms with van der Waals surface area (Å²) in [4.78, 5) is -0.366. The van der Waals surface area contributed by atoms with Crippen molar-refractivity contribution in [2.24, 2.45) is 5.73 Å². The maximum atomic E-state index is 13.9. The summed E-state index contributed by atoms with van der Waals surface area (Å²) >= 11 is 0. The van der Waals surface area contributed by atoms with Gasteiger partial charge in [0.15, 0.2) is 0 Å². The summed E-state index contributed by atoms with van der Waals surface area (Å²) < 4.78 is 46.5. The van der Waals surface area contributed by atoms with Gasteiger partial charge < -0.3 is 10.5 Å². The zero-order valence-corrected chi connectivity index (χ0v) is 12.3. The van der Waals surface area contributed by atoms with Crippen LogP contribution in [0.2, 0.25) is 0 Å². The highest BCUT2D eigenvalue weighted by molar-refractivity contribution is 7.89. The largest absolute Gasteiger partial charge is 0.376 e. The van der Waals surface area contributed by atoms with E-state index in [0.29, 0.717) is 18.6 Å². The Labute approximate surface area is 118 Å². The second-order valence-electron chi connectivity index (χ2n) is 5.25. The van der Waals surface area contributed by atoms with Gasteiger partial charge in [-0.15, -0.1) is 0 Å². The van der Waals surface area contributed by atoms with Crippen LogP contribution in [0.15, 0.2) is 23.1 Å². The molecule has 1 fully saturated rings. The van der Waals surface area contributed by atoms with Gasteiger partial charge >= 0.3 is 0 Å². The zero-order valence-electron chi connectivity index (χ0n) is 11.5. The Bertz CT molecular complexity index is 606. The number of ether oxygens (including phenoxy) is 1. The van der Waals surface area contributed by atoms with Gasteiger partial charge in [-0.25, -0.2) is 17.5 Å². The molecule has 5 nitrogen and oxygen atoms in total. The molecule has 1 aliphatic heterocycles. The van der Waals surface area contributed by atoms with E-state index in [9.17, 15) is 12.8 Å². The van der Waals surface area contributed by atoms with Crippen LogP contribution in [0.1, 0.15) is 25.8 Å². The van der Waals surface area contributed by atoms with Crippen LogP contribution < -0.4 is 10.5 Å². The van der Waals surface area contributed by atoms with Gasteiger partial charge in [-0.3, -0.25) is 0 Å². The third-order valence-corrected chi connectivity index (χ3v) is 5.42. The minimum atomic E-state index is -3.94. The Morgan fingerprint density at radius 3 is 2.75 bits per heavy atom. The SMILES string of the molecule is CC1OCCC1(C)NS(=O)(=O)c1ccc(CN)cc1F. The first kappa shape index (κ1) is 15.4. The molecular weight excluding hydrogens is 283 g/mol. The Morgan fingerprint density at radius 2 is 2.25 bits per heavy atom. The monoisotopic (exact) mass is 302 g/mol. The fourth-order valence-electron chi connectivity index (χ4n) is 2.22. The highest BCUT2D eigenvalue weighted by atomic mass is 32.2. The number of hydrogen-bond acceptors (Lipinski definition) is 4. The molecule has 2 unspecified atom stereocenters. The molecule has 0 aliphatic carbocycles. The first-order chi connectivity index (χ1) is 9.28. The van der Waals surface area contributed by atoms with Gasteiger partial charge in [0.25, 0.3) is 0 Å². The van der Waals surface area contributed by atoms with Crippen molar-refractivity contribution in [3.63, 3.8) is 0 Å². The lowest BCUT2D eigenvalue weighted by molar-refractivity contribution is 0.0957.